The molecule has 0 saturated carbocycles. The standard InChI is InChI=1S/C15H8F2N2O3S/c16-9-1-3-12(11(17)7-9)18-15(20)14-6-8-5-10(19(21)22)2-4-13(8)23-14/h1-7H,(H,18,20). The molecule has 0 radical (unpaired) electrons. The van der Waals surface area contributed by atoms with Crippen LogP contribution in [-0.2, 0) is 0 Å². The number of benzene rings is 2. The van der Waals surface area contributed by atoms with Crippen molar-refractivity contribution in [3.63, 3.8) is 0 Å². The first-order valence-corrected chi connectivity index (χ1v) is 7.20. The summed E-state index contributed by atoms with van der Waals surface area (Å²) in [6.07, 6.45) is 0. The van der Waals surface area contributed by atoms with Crippen molar-refractivity contribution >= 4 is 38.7 Å². The Hall–Kier alpha value is -2.87. The molecule has 0 unspecified atom stereocenters. The lowest BCUT2D eigenvalue weighted by Gasteiger charge is -2.04. The van der Waals surface area contributed by atoms with Crippen molar-refractivity contribution in [1.29, 1.82) is 0 Å². The number of halogens is 2. The Morgan fingerprint density at radius 1 is 1.13 bits per heavy atom. The van der Waals surface area contributed by atoms with Gasteiger partial charge in [0, 0.05) is 28.3 Å². The van der Waals surface area contributed by atoms with Crippen molar-refractivity contribution in [2.24, 2.45) is 0 Å². The molecule has 0 bridgehead atoms. The molecular formula is C15H8F2N2O3S. The van der Waals surface area contributed by atoms with Gasteiger partial charge in [-0.15, -0.1) is 11.3 Å². The summed E-state index contributed by atoms with van der Waals surface area (Å²) in [4.78, 5) is 22.6. The van der Waals surface area contributed by atoms with Crippen LogP contribution in [0.15, 0.2) is 42.5 Å². The van der Waals surface area contributed by atoms with Crippen molar-refractivity contribution < 1.29 is 18.5 Å². The number of nitrogens with one attached hydrogen (secondary N) is 1. The molecule has 0 saturated heterocycles. The Morgan fingerprint density at radius 2 is 1.91 bits per heavy atom. The van der Waals surface area contributed by atoms with Crippen LogP contribution in [0, 0.1) is 21.7 Å². The molecular weight excluding hydrogens is 326 g/mol. The third-order valence-corrected chi connectivity index (χ3v) is 4.23. The van der Waals surface area contributed by atoms with Gasteiger partial charge < -0.3 is 5.32 Å². The molecule has 3 aromatic rings. The fourth-order valence-electron chi connectivity index (χ4n) is 2.03. The van der Waals surface area contributed by atoms with Crippen LogP contribution in [0.4, 0.5) is 20.2 Å². The molecule has 0 fully saturated rings. The van der Waals surface area contributed by atoms with E-state index in [-0.39, 0.29) is 16.3 Å². The number of fused-ring (bicyclic) bond motifs is 1. The first kappa shape index (κ1) is 15.0. The highest BCUT2D eigenvalue weighted by molar-refractivity contribution is 7.20. The molecule has 0 atom stereocenters. The van der Waals surface area contributed by atoms with Gasteiger partial charge in [-0.2, -0.15) is 0 Å². The van der Waals surface area contributed by atoms with Crippen molar-refractivity contribution in [2.75, 3.05) is 5.32 Å². The number of thiophene rings is 1. The molecule has 116 valence electrons. The summed E-state index contributed by atoms with van der Waals surface area (Å²) < 4.78 is 27.1. The van der Waals surface area contributed by atoms with Gasteiger partial charge in [-0.3, -0.25) is 14.9 Å². The molecule has 1 aromatic heterocycles. The van der Waals surface area contributed by atoms with Crippen LogP contribution in [0.2, 0.25) is 0 Å². The Balaban J connectivity index is 1.90. The van der Waals surface area contributed by atoms with Gasteiger partial charge >= 0.3 is 0 Å². The van der Waals surface area contributed by atoms with Crippen LogP contribution in [0.3, 0.4) is 0 Å². The van der Waals surface area contributed by atoms with E-state index in [1.165, 1.54) is 18.2 Å². The number of hydrogen-bond donors (Lipinski definition) is 1. The van der Waals surface area contributed by atoms with E-state index in [1.54, 1.807) is 6.07 Å². The highest BCUT2D eigenvalue weighted by atomic mass is 32.1. The van der Waals surface area contributed by atoms with E-state index in [0.29, 0.717) is 16.2 Å². The number of nitro groups is 1. The second-order valence-electron chi connectivity index (χ2n) is 4.67. The van der Waals surface area contributed by atoms with Gasteiger partial charge in [-0.05, 0) is 24.3 Å². The highest BCUT2D eigenvalue weighted by Crippen LogP contribution is 2.29. The number of carbonyl (C=O) groups excluding carboxylic acids is 1. The molecule has 0 aliphatic carbocycles. The van der Waals surface area contributed by atoms with Crippen molar-refractivity contribution in [2.45, 2.75) is 0 Å². The lowest BCUT2D eigenvalue weighted by atomic mass is 10.2. The Kier molecular flexibility index (Phi) is 3.75. The second-order valence-corrected chi connectivity index (χ2v) is 5.75. The molecule has 1 heterocycles. The van der Waals surface area contributed by atoms with Crippen molar-refractivity contribution in [3.05, 3.63) is 69.1 Å². The Morgan fingerprint density at radius 3 is 2.61 bits per heavy atom. The fraction of sp³-hybridized carbons (Fsp3) is 0. The fourth-order valence-corrected chi connectivity index (χ4v) is 2.97. The molecule has 23 heavy (non-hydrogen) atoms. The third kappa shape index (κ3) is 3.02. The largest absolute Gasteiger partial charge is 0.319 e. The summed E-state index contributed by atoms with van der Waals surface area (Å²) in [5.74, 6) is -2.19. The summed E-state index contributed by atoms with van der Waals surface area (Å²) in [6.45, 7) is 0. The number of amides is 1. The maximum absolute atomic E-state index is 13.5. The predicted molar refractivity (Wildman–Crippen MR) is 82.8 cm³/mol. The predicted octanol–water partition coefficient (Wildman–Crippen LogP) is 4.34. The molecule has 1 amide bonds. The quantitative estimate of drug-likeness (QED) is 0.572. The maximum atomic E-state index is 13.5. The van der Waals surface area contributed by atoms with E-state index < -0.39 is 22.5 Å². The summed E-state index contributed by atoms with van der Waals surface area (Å²) in [7, 11) is 0. The van der Waals surface area contributed by atoms with Gasteiger partial charge in [0.25, 0.3) is 11.6 Å². The third-order valence-electron chi connectivity index (χ3n) is 3.11. The van der Waals surface area contributed by atoms with Gasteiger partial charge in [0.1, 0.15) is 11.6 Å². The van der Waals surface area contributed by atoms with Crippen molar-refractivity contribution in [3.8, 4) is 0 Å². The first-order chi connectivity index (χ1) is 10.9. The van der Waals surface area contributed by atoms with Gasteiger partial charge in [0.05, 0.1) is 15.5 Å². The van der Waals surface area contributed by atoms with Crippen LogP contribution in [0.25, 0.3) is 10.1 Å². The van der Waals surface area contributed by atoms with Gasteiger partial charge in [0.15, 0.2) is 0 Å². The SMILES string of the molecule is O=C(Nc1ccc(F)cc1F)c1cc2cc([N+](=O)[O-])ccc2s1. The normalized spacial score (nSPS) is 10.7. The molecule has 1 N–H and O–H groups in total. The zero-order valence-electron chi connectivity index (χ0n) is 11.4. The van der Waals surface area contributed by atoms with Crippen molar-refractivity contribution in [1.82, 2.24) is 0 Å². The number of carbonyl (C=O) groups is 1. The Labute approximate surface area is 132 Å². The average molecular weight is 334 g/mol. The molecule has 3 rings (SSSR count). The molecule has 8 heteroatoms. The summed E-state index contributed by atoms with van der Waals surface area (Å²) >= 11 is 1.12. The van der Waals surface area contributed by atoms with Gasteiger partial charge in [0.2, 0.25) is 0 Å². The number of non-ortho nitro benzene ring substituents is 1. The first-order valence-electron chi connectivity index (χ1n) is 6.38. The minimum Gasteiger partial charge on any atom is -0.319 e. The van der Waals surface area contributed by atoms with E-state index in [9.17, 15) is 23.7 Å². The van der Waals surface area contributed by atoms with Gasteiger partial charge in [-0.25, -0.2) is 8.78 Å². The Bertz CT molecular complexity index is 940. The van der Waals surface area contributed by atoms with Crippen LogP contribution >= 0.6 is 11.3 Å². The molecule has 0 aliphatic heterocycles. The summed E-state index contributed by atoms with van der Waals surface area (Å²) in [5, 5.41) is 13.6. The monoisotopic (exact) mass is 334 g/mol. The number of nitrogens with zero attached hydrogens (tertiary/aromatic N) is 1. The van der Waals surface area contributed by atoms with E-state index >= 15 is 0 Å². The number of hydrogen-bond acceptors (Lipinski definition) is 4. The average Bonchev–Trinajstić information content (AvgIpc) is 2.93. The van der Waals surface area contributed by atoms with Crippen LogP contribution in [-0.4, -0.2) is 10.8 Å². The maximum Gasteiger partial charge on any atom is 0.270 e. The number of rotatable bonds is 3. The number of anilines is 1. The van der Waals surface area contributed by atoms with E-state index in [4.69, 9.17) is 0 Å². The van der Waals surface area contributed by atoms with Gasteiger partial charge in [-0.1, -0.05) is 0 Å². The zero-order valence-corrected chi connectivity index (χ0v) is 12.2. The zero-order chi connectivity index (χ0) is 16.6. The topological polar surface area (TPSA) is 72.2 Å². The smallest absolute Gasteiger partial charge is 0.270 e. The lowest BCUT2D eigenvalue weighted by Crippen LogP contribution is -2.11. The molecule has 2 aromatic carbocycles. The van der Waals surface area contributed by atoms with E-state index in [0.717, 1.165) is 23.5 Å². The minimum atomic E-state index is -0.880. The van der Waals surface area contributed by atoms with E-state index in [2.05, 4.69) is 5.32 Å². The number of nitro benzene ring substituents is 1. The molecule has 5 nitrogen and oxygen atoms in total. The van der Waals surface area contributed by atoms with Crippen LogP contribution < -0.4 is 5.32 Å². The lowest BCUT2D eigenvalue weighted by molar-refractivity contribution is -0.384. The summed E-state index contributed by atoms with van der Waals surface area (Å²) in [6, 6.07) is 8.58. The molecule has 0 aliphatic rings. The molecule has 0 spiro atoms. The summed E-state index contributed by atoms with van der Waals surface area (Å²) in [5.41, 5.74) is -0.216. The minimum absolute atomic E-state index is 0.0770. The van der Waals surface area contributed by atoms with E-state index in [1.807, 2.05) is 0 Å². The van der Waals surface area contributed by atoms with Crippen LogP contribution in [0.5, 0.6) is 0 Å². The highest BCUT2D eigenvalue weighted by Gasteiger charge is 2.15. The van der Waals surface area contributed by atoms with Crippen LogP contribution in [0.1, 0.15) is 9.67 Å². The second kappa shape index (κ2) is 5.73.